The highest BCUT2D eigenvalue weighted by Gasteiger charge is 2.26. The molecule has 1 aromatic rings. The van der Waals surface area contributed by atoms with Crippen molar-refractivity contribution in [2.45, 2.75) is 52.0 Å². The van der Waals surface area contributed by atoms with Crippen molar-refractivity contribution in [1.29, 1.82) is 0 Å². The summed E-state index contributed by atoms with van der Waals surface area (Å²) in [6.07, 6.45) is 5.45. The van der Waals surface area contributed by atoms with Crippen LogP contribution in [0.5, 0.6) is 6.01 Å². The Morgan fingerprint density at radius 2 is 2.11 bits per heavy atom. The zero-order valence-electron chi connectivity index (χ0n) is 11.3. The van der Waals surface area contributed by atoms with Gasteiger partial charge < -0.3 is 4.74 Å². The van der Waals surface area contributed by atoms with Crippen LogP contribution in [0.3, 0.4) is 0 Å². The predicted molar refractivity (Wildman–Crippen MR) is 72.9 cm³/mol. The lowest BCUT2D eigenvalue weighted by molar-refractivity contribution is 0.0917. The molecule has 4 heteroatoms. The third-order valence-corrected chi connectivity index (χ3v) is 4.31. The van der Waals surface area contributed by atoms with Gasteiger partial charge in [0.05, 0.1) is 5.88 Å². The second-order valence-corrected chi connectivity index (χ2v) is 5.67. The molecule has 3 nitrogen and oxygen atoms in total. The summed E-state index contributed by atoms with van der Waals surface area (Å²) < 4.78 is 5.89. The summed E-state index contributed by atoms with van der Waals surface area (Å²) in [4.78, 5) is 8.60. The lowest BCUT2D eigenvalue weighted by Gasteiger charge is -2.31. The fourth-order valence-electron chi connectivity index (χ4n) is 2.41. The number of hydrogen-bond donors (Lipinski definition) is 0. The Hall–Kier alpha value is -0.830. The molecule has 0 radical (unpaired) electrons. The van der Waals surface area contributed by atoms with E-state index in [1.807, 2.05) is 6.92 Å². The minimum atomic E-state index is 0.262. The van der Waals surface area contributed by atoms with Crippen molar-refractivity contribution in [3.8, 4) is 6.01 Å². The number of nitrogens with zero attached hydrogens (tertiary/aromatic N) is 2. The summed E-state index contributed by atoms with van der Waals surface area (Å²) in [6.45, 7) is 6.55. The Balaban J connectivity index is 1.99. The van der Waals surface area contributed by atoms with Gasteiger partial charge in [-0.15, -0.1) is 11.6 Å². The van der Waals surface area contributed by atoms with Crippen LogP contribution in [0.15, 0.2) is 6.20 Å². The number of ether oxygens (including phenoxy) is 1. The van der Waals surface area contributed by atoms with E-state index in [0.717, 1.165) is 30.0 Å². The van der Waals surface area contributed by atoms with Gasteiger partial charge in [0.25, 0.3) is 0 Å². The van der Waals surface area contributed by atoms with Crippen molar-refractivity contribution in [2.24, 2.45) is 11.8 Å². The molecule has 1 aliphatic carbocycles. The Morgan fingerprint density at radius 1 is 1.33 bits per heavy atom. The van der Waals surface area contributed by atoms with Crippen molar-refractivity contribution in [1.82, 2.24) is 9.97 Å². The second kappa shape index (κ2) is 5.87. The maximum atomic E-state index is 5.89. The molecule has 0 N–H and O–H groups in total. The van der Waals surface area contributed by atoms with Gasteiger partial charge in [-0.2, -0.15) is 0 Å². The first kappa shape index (κ1) is 13.6. The van der Waals surface area contributed by atoms with Crippen LogP contribution >= 0.6 is 11.6 Å². The molecule has 0 aliphatic heterocycles. The molecule has 1 aliphatic rings. The van der Waals surface area contributed by atoms with Gasteiger partial charge >= 0.3 is 6.01 Å². The molecule has 1 fully saturated rings. The molecule has 1 heterocycles. The molecule has 0 spiro atoms. The summed E-state index contributed by atoms with van der Waals surface area (Å²) in [5, 5.41) is 0. The molecule has 1 aromatic heterocycles. The normalized spacial score (nSPS) is 28.1. The van der Waals surface area contributed by atoms with Crippen molar-refractivity contribution in [3.05, 3.63) is 17.5 Å². The molecule has 18 heavy (non-hydrogen) atoms. The van der Waals surface area contributed by atoms with E-state index in [2.05, 4.69) is 23.8 Å². The molecular formula is C14H21ClN2O. The highest BCUT2D eigenvalue weighted by atomic mass is 35.5. The van der Waals surface area contributed by atoms with Gasteiger partial charge in [-0.1, -0.05) is 13.8 Å². The van der Waals surface area contributed by atoms with Crippen LogP contribution < -0.4 is 4.74 Å². The van der Waals surface area contributed by atoms with Gasteiger partial charge in [0.15, 0.2) is 0 Å². The van der Waals surface area contributed by atoms with Crippen molar-refractivity contribution in [3.63, 3.8) is 0 Å². The van der Waals surface area contributed by atoms with Crippen LogP contribution in [0.25, 0.3) is 0 Å². The average molecular weight is 269 g/mol. The summed E-state index contributed by atoms with van der Waals surface area (Å²) >= 11 is 5.79. The molecule has 2 rings (SSSR count). The molecule has 100 valence electrons. The third-order valence-electron chi connectivity index (χ3n) is 4.03. The first-order chi connectivity index (χ1) is 8.60. The van der Waals surface area contributed by atoms with E-state index in [0.29, 0.717) is 17.8 Å². The zero-order valence-corrected chi connectivity index (χ0v) is 12.1. The summed E-state index contributed by atoms with van der Waals surface area (Å²) in [7, 11) is 0. The van der Waals surface area contributed by atoms with Crippen molar-refractivity contribution in [2.75, 3.05) is 0 Å². The van der Waals surface area contributed by atoms with Crippen LogP contribution in [0.1, 0.15) is 44.4 Å². The van der Waals surface area contributed by atoms with Gasteiger partial charge in [0, 0.05) is 17.5 Å². The van der Waals surface area contributed by atoms with Crippen LogP contribution in [0, 0.1) is 18.8 Å². The van der Waals surface area contributed by atoms with E-state index in [1.165, 1.54) is 6.42 Å². The Bertz CT molecular complexity index is 411. The molecule has 0 amide bonds. The smallest absolute Gasteiger partial charge is 0.316 e. The average Bonchev–Trinajstić information content (AvgIpc) is 2.34. The lowest BCUT2D eigenvalue weighted by Crippen LogP contribution is -2.29. The fraction of sp³-hybridized carbons (Fsp3) is 0.714. The molecule has 1 saturated carbocycles. The summed E-state index contributed by atoms with van der Waals surface area (Å²) in [6, 6.07) is 0.494. The zero-order chi connectivity index (χ0) is 13.1. The van der Waals surface area contributed by atoms with Gasteiger partial charge in [-0.05, 0) is 38.0 Å². The van der Waals surface area contributed by atoms with E-state index in [-0.39, 0.29) is 6.10 Å². The monoisotopic (exact) mass is 268 g/mol. The molecule has 3 atom stereocenters. The first-order valence-corrected chi connectivity index (χ1v) is 7.18. The minimum Gasteiger partial charge on any atom is -0.460 e. The Morgan fingerprint density at radius 3 is 2.72 bits per heavy atom. The van der Waals surface area contributed by atoms with Crippen LogP contribution in [0.4, 0.5) is 0 Å². The summed E-state index contributed by atoms with van der Waals surface area (Å²) in [5.74, 6) is 1.96. The molecule has 3 unspecified atom stereocenters. The number of alkyl halides is 1. The quantitative estimate of drug-likeness (QED) is 0.784. The van der Waals surface area contributed by atoms with E-state index in [9.17, 15) is 0 Å². The van der Waals surface area contributed by atoms with Crippen LogP contribution in [0.2, 0.25) is 0 Å². The number of halogens is 1. The molecule has 0 bridgehead atoms. The maximum absolute atomic E-state index is 5.89. The van der Waals surface area contributed by atoms with E-state index in [1.54, 1.807) is 6.20 Å². The highest BCUT2D eigenvalue weighted by Crippen LogP contribution is 2.31. The predicted octanol–water partition coefficient (Wildman–Crippen LogP) is 3.73. The fourth-order valence-corrected chi connectivity index (χ4v) is 2.68. The van der Waals surface area contributed by atoms with Gasteiger partial charge in [-0.3, -0.25) is 0 Å². The largest absolute Gasteiger partial charge is 0.460 e. The maximum Gasteiger partial charge on any atom is 0.316 e. The Kier molecular flexibility index (Phi) is 4.44. The van der Waals surface area contributed by atoms with Crippen molar-refractivity contribution >= 4 is 11.6 Å². The van der Waals surface area contributed by atoms with Gasteiger partial charge in [0.1, 0.15) is 6.10 Å². The third kappa shape index (κ3) is 3.14. The number of rotatable bonds is 3. The molecule has 0 saturated heterocycles. The standard InChI is InChI=1S/C14H21ClN2O/c1-9-4-5-13(6-10(9)2)18-14-16-8-12(7-15)11(3)17-14/h8-10,13H,4-7H2,1-3H3. The Labute approximate surface area is 114 Å². The SMILES string of the molecule is Cc1nc(OC2CCC(C)C(C)C2)ncc1CCl. The minimum absolute atomic E-state index is 0.262. The number of aryl methyl sites for hydroxylation is 1. The van der Waals surface area contributed by atoms with Crippen molar-refractivity contribution < 1.29 is 4.74 Å². The van der Waals surface area contributed by atoms with E-state index in [4.69, 9.17) is 16.3 Å². The highest BCUT2D eigenvalue weighted by molar-refractivity contribution is 6.17. The molecular weight excluding hydrogens is 248 g/mol. The van der Waals surface area contributed by atoms with E-state index >= 15 is 0 Å². The van der Waals surface area contributed by atoms with Crippen LogP contribution in [-0.2, 0) is 5.88 Å². The summed E-state index contributed by atoms with van der Waals surface area (Å²) in [5.41, 5.74) is 1.88. The number of hydrogen-bond acceptors (Lipinski definition) is 3. The van der Waals surface area contributed by atoms with Gasteiger partial charge in [-0.25, -0.2) is 9.97 Å². The number of aromatic nitrogens is 2. The van der Waals surface area contributed by atoms with Gasteiger partial charge in [0.2, 0.25) is 0 Å². The second-order valence-electron chi connectivity index (χ2n) is 5.40. The van der Waals surface area contributed by atoms with Crippen LogP contribution in [-0.4, -0.2) is 16.1 Å². The lowest BCUT2D eigenvalue weighted by atomic mass is 9.80. The topological polar surface area (TPSA) is 35.0 Å². The van der Waals surface area contributed by atoms with E-state index < -0.39 is 0 Å². The first-order valence-electron chi connectivity index (χ1n) is 6.65. The molecule has 0 aromatic carbocycles.